The molecule has 5 rings (SSSR count). The lowest BCUT2D eigenvalue weighted by Crippen LogP contribution is -2.41. The van der Waals surface area contributed by atoms with Gasteiger partial charge < -0.3 is 20.2 Å². The van der Waals surface area contributed by atoms with Gasteiger partial charge in [-0.1, -0.05) is 42.5 Å². The number of rotatable bonds is 4. The van der Waals surface area contributed by atoms with Crippen molar-refractivity contribution < 1.29 is 19.4 Å². The molecule has 33 heavy (non-hydrogen) atoms. The van der Waals surface area contributed by atoms with Crippen molar-refractivity contribution in [2.75, 3.05) is 26.3 Å². The Morgan fingerprint density at radius 3 is 2.61 bits per heavy atom. The van der Waals surface area contributed by atoms with E-state index in [4.69, 9.17) is 10.1 Å². The summed E-state index contributed by atoms with van der Waals surface area (Å²) in [5.41, 5.74) is 7.05. The van der Waals surface area contributed by atoms with Crippen molar-refractivity contribution >= 4 is 23.2 Å². The van der Waals surface area contributed by atoms with Gasteiger partial charge in [-0.3, -0.25) is 4.79 Å². The Bertz CT molecular complexity index is 1260. The van der Waals surface area contributed by atoms with Crippen molar-refractivity contribution in [3.05, 3.63) is 99.7 Å². The third-order valence-corrected chi connectivity index (χ3v) is 6.34. The van der Waals surface area contributed by atoms with E-state index in [1.807, 2.05) is 41.3 Å². The van der Waals surface area contributed by atoms with Crippen LogP contribution in [0.15, 0.2) is 71.8 Å². The van der Waals surface area contributed by atoms with E-state index in [1.54, 1.807) is 18.2 Å². The van der Waals surface area contributed by atoms with Crippen LogP contribution in [0.3, 0.4) is 0 Å². The summed E-state index contributed by atoms with van der Waals surface area (Å²) in [4.78, 5) is 26.6. The van der Waals surface area contributed by atoms with Gasteiger partial charge >= 0.3 is 5.97 Å². The Hall–Kier alpha value is -3.77. The minimum atomic E-state index is -0.975. The third kappa shape index (κ3) is 4.05. The average molecular weight is 440 g/mol. The van der Waals surface area contributed by atoms with E-state index in [2.05, 4.69) is 6.07 Å². The molecule has 0 saturated carbocycles. The number of amides is 1. The summed E-state index contributed by atoms with van der Waals surface area (Å²) in [5.74, 6) is -0.889. The second-order valence-corrected chi connectivity index (χ2v) is 8.44. The Kier molecular flexibility index (Phi) is 5.52. The van der Waals surface area contributed by atoms with Crippen LogP contribution < -0.4 is 0 Å². The van der Waals surface area contributed by atoms with Crippen molar-refractivity contribution in [2.24, 2.45) is 0 Å². The molecule has 6 nitrogen and oxygen atoms in total. The van der Waals surface area contributed by atoms with Crippen LogP contribution in [0.25, 0.3) is 5.57 Å². The Balaban J connectivity index is 1.58. The van der Waals surface area contributed by atoms with Gasteiger partial charge in [-0.25, -0.2) is 4.79 Å². The Morgan fingerprint density at radius 1 is 1.03 bits per heavy atom. The molecular formula is C27H24N2O4. The summed E-state index contributed by atoms with van der Waals surface area (Å²) < 4.78 is 5.34. The highest BCUT2D eigenvalue weighted by atomic mass is 16.5. The first-order valence-corrected chi connectivity index (χ1v) is 11.0. The maximum atomic E-state index is 12.8. The molecule has 0 aromatic heterocycles. The molecule has 0 radical (unpaired) electrons. The lowest BCUT2D eigenvalue weighted by Gasteiger charge is -2.29. The topological polar surface area (TPSA) is 90.7 Å². The van der Waals surface area contributed by atoms with Gasteiger partial charge in [0, 0.05) is 13.1 Å². The molecule has 0 atom stereocenters. The standard InChI is InChI=1S/C27H24N2O4/c28-20-6-8-22-19(16-20)15-18-13-17(14-25(30)29-9-11-33-12-10-29)5-7-21(18)26(22)23-3-1-2-4-24(23)27(31)32/h1-8,13,16,28H,9-12,14-15H2,(H,31,32). The summed E-state index contributed by atoms with van der Waals surface area (Å²) in [6.07, 6.45) is 6.44. The van der Waals surface area contributed by atoms with Crippen LogP contribution in [0.5, 0.6) is 0 Å². The number of allylic oxidation sites excluding steroid dienone is 5. The van der Waals surface area contributed by atoms with Crippen LogP contribution >= 0.6 is 0 Å². The fourth-order valence-corrected chi connectivity index (χ4v) is 4.76. The minimum Gasteiger partial charge on any atom is -0.478 e. The molecule has 2 aliphatic carbocycles. The zero-order valence-corrected chi connectivity index (χ0v) is 18.1. The quantitative estimate of drug-likeness (QED) is 0.759. The van der Waals surface area contributed by atoms with E-state index in [1.165, 1.54) is 0 Å². The molecule has 1 fully saturated rings. The van der Waals surface area contributed by atoms with Crippen molar-refractivity contribution in [2.45, 2.75) is 12.8 Å². The van der Waals surface area contributed by atoms with Crippen molar-refractivity contribution in [1.29, 1.82) is 5.41 Å². The molecule has 2 aromatic rings. The van der Waals surface area contributed by atoms with E-state index >= 15 is 0 Å². The highest BCUT2D eigenvalue weighted by Gasteiger charge is 2.27. The van der Waals surface area contributed by atoms with Gasteiger partial charge in [0.25, 0.3) is 0 Å². The number of morpholine rings is 1. The van der Waals surface area contributed by atoms with Crippen LogP contribution in [0, 0.1) is 5.41 Å². The number of carboxylic acids is 1. The van der Waals surface area contributed by atoms with Crippen LogP contribution in [-0.2, 0) is 22.4 Å². The zero-order valence-electron chi connectivity index (χ0n) is 18.1. The number of hydrogen-bond donors (Lipinski definition) is 2. The lowest BCUT2D eigenvalue weighted by molar-refractivity contribution is -0.134. The fraction of sp³-hybridized carbons (Fsp3) is 0.222. The summed E-state index contributed by atoms with van der Waals surface area (Å²) in [6.45, 7) is 2.38. The fourth-order valence-electron chi connectivity index (χ4n) is 4.76. The molecule has 166 valence electrons. The van der Waals surface area contributed by atoms with Crippen LogP contribution in [-0.4, -0.2) is 53.9 Å². The lowest BCUT2D eigenvalue weighted by atomic mass is 9.76. The van der Waals surface area contributed by atoms with E-state index in [9.17, 15) is 14.7 Å². The van der Waals surface area contributed by atoms with Crippen LogP contribution in [0.4, 0.5) is 0 Å². The Labute approximate surface area is 192 Å². The average Bonchev–Trinajstić information content (AvgIpc) is 2.83. The summed E-state index contributed by atoms with van der Waals surface area (Å²) in [5, 5.41) is 17.9. The van der Waals surface area contributed by atoms with E-state index in [0.717, 1.165) is 33.4 Å². The van der Waals surface area contributed by atoms with E-state index in [-0.39, 0.29) is 11.5 Å². The predicted molar refractivity (Wildman–Crippen MR) is 126 cm³/mol. The first-order chi connectivity index (χ1) is 16.0. The molecule has 2 aromatic carbocycles. The Morgan fingerprint density at radius 2 is 1.82 bits per heavy atom. The summed E-state index contributed by atoms with van der Waals surface area (Å²) >= 11 is 0. The number of carbonyl (C=O) groups is 2. The molecule has 2 N–H and O–H groups in total. The number of carbonyl (C=O) groups excluding carboxylic acids is 1. The van der Waals surface area contributed by atoms with Gasteiger partial charge in [0.05, 0.1) is 30.9 Å². The number of nitrogens with zero attached hydrogens (tertiary/aromatic N) is 1. The van der Waals surface area contributed by atoms with Gasteiger partial charge in [-0.05, 0) is 63.6 Å². The molecule has 1 saturated heterocycles. The predicted octanol–water partition coefficient (Wildman–Crippen LogP) is 3.66. The normalized spacial score (nSPS) is 17.4. The number of nitrogens with one attached hydrogen (secondary N) is 1. The second-order valence-electron chi connectivity index (χ2n) is 8.44. The maximum absolute atomic E-state index is 12.8. The van der Waals surface area contributed by atoms with E-state index in [0.29, 0.717) is 50.4 Å². The number of hydrogen-bond acceptors (Lipinski definition) is 4. The molecular weight excluding hydrogens is 416 g/mol. The molecule has 0 spiro atoms. The van der Waals surface area contributed by atoms with Gasteiger partial charge in [0.2, 0.25) is 5.91 Å². The molecule has 1 aliphatic heterocycles. The molecule has 3 aliphatic rings. The largest absolute Gasteiger partial charge is 0.478 e. The van der Waals surface area contributed by atoms with Crippen LogP contribution in [0.1, 0.15) is 32.6 Å². The molecule has 0 bridgehead atoms. The highest BCUT2D eigenvalue weighted by molar-refractivity contribution is 6.08. The third-order valence-electron chi connectivity index (χ3n) is 6.34. The monoisotopic (exact) mass is 440 g/mol. The zero-order chi connectivity index (χ0) is 22.9. The summed E-state index contributed by atoms with van der Waals surface area (Å²) in [6, 6.07) is 13.0. The second kappa shape index (κ2) is 8.64. The SMILES string of the molecule is N=C1C=CC2=C(c3ccccc3C(=O)O)c3ccc(CC(=O)N4CCOCC4)cc3CC2=C1. The molecule has 1 amide bonds. The molecule has 0 unspecified atom stereocenters. The minimum absolute atomic E-state index is 0.0864. The number of benzene rings is 2. The number of fused-ring (bicyclic) bond motifs is 2. The summed E-state index contributed by atoms with van der Waals surface area (Å²) in [7, 11) is 0. The number of carboxylic acid groups (broad SMARTS) is 1. The van der Waals surface area contributed by atoms with Crippen molar-refractivity contribution in [3.63, 3.8) is 0 Å². The molecule has 1 heterocycles. The van der Waals surface area contributed by atoms with Crippen LogP contribution in [0.2, 0.25) is 0 Å². The van der Waals surface area contributed by atoms with Gasteiger partial charge in [0.1, 0.15) is 0 Å². The van der Waals surface area contributed by atoms with Crippen molar-refractivity contribution in [1.82, 2.24) is 4.90 Å². The number of aromatic carboxylic acids is 1. The van der Waals surface area contributed by atoms with E-state index < -0.39 is 5.97 Å². The maximum Gasteiger partial charge on any atom is 0.336 e. The van der Waals surface area contributed by atoms with Crippen molar-refractivity contribution in [3.8, 4) is 0 Å². The number of ether oxygens (including phenoxy) is 1. The van der Waals surface area contributed by atoms with Gasteiger partial charge in [0.15, 0.2) is 0 Å². The highest BCUT2D eigenvalue weighted by Crippen LogP contribution is 2.41. The van der Waals surface area contributed by atoms with Gasteiger partial charge in [-0.2, -0.15) is 0 Å². The first-order valence-electron chi connectivity index (χ1n) is 11.0. The first kappa shape index (κ1) is 21.1. The van der Waals surface area contributed by atoms with Gasteiger partial charge in [-0.15, -0.1) is 0 Å². The molecule has 6 heteroatoms. The smallest absolute Gasteiger partial charge is 0.336 e.